The van der Waals surface area contributed by atoms with Crippen molar-refractivity contribution in [2.24, 2.45) is 0 Å². The number of piperidine rings is 3. The number of aromatic nitrogens is 2. The van der Waals surface area contributed by atoms with Crippen molar-refractivity contribution in [3.63, 3.8) is 0 Å². The van der Waals surface area contributed by atoms with Gasteiger partial charge in [0.15, 0.2) is 0 Å². The van der Waals surface area contributed by atoms with Crippen molar-refractivity contribution >= 4 is 29.7 Å². The second-order valence-electron chi connectivity index (χ2n) is 14.0. The van der Waals surface area contributed by atoms with E-state index in [9.17, 15) is 14.4 Å². The number of nitrogens with one attached hydrogen (secondary N) is 2. The van der Waals surface area contributed by atoms with Crippen LogP contribution in [0.5, 0.6) is 0 Å². The second-order valence-corrected chi connectivity index (χ2v) is 14.0. The summed E-state index contributed by atoms with van der Waals surface area (Å²) in [6.45, 7) is 11.7. The summed E-state index contributed by atoms with van der Waals surface area (Å²) < 4.78 is 0. The minimum Gasteiger partial charge on any atom is -0.371 e. The number of rotatable bonds is 11. The SMILES string of the molecule is Cc1ccc(C2CCN(Cc3ccc(N4CCC(Nc5cnc(C(C)C)cn5)CC4)cc3)CC2)cc1CN(C=O)C1CCC(=O)NC1=O. The molecule has 3 saturated heterocycles. The van der Waals surface area contributed by atoms with Gasteiger partial charge in [0.05, 0.1) is 18.1 Å². The number of imide groups is 1. The molecule has 2 aromatic carbocycles. The van der Waals surface area contributed by atoms with Crippen molar-refractivity contribution in [2.45, 2.75) is 96.3 Å². The topological polar surface area (TPSA) is 111 Å². The van der Waals surface area contributed by atoms with Crippen LogP contribution in [-0.4, -0.2) is 76.3 Å². The van der Waals surface area contributed by atoms with Crippen molar-refractivity contribution < 1.29 is 14.4 Å². The highest BCUT2D eigenvalue weighted by Crippen LogP contribution is 2.31. The van der Waals surface area contributed by atoms with Crippen molar-refractivity contribution in [1.29, 1.82) is 0 Å². The monoisotopic (exact) mass is 651 g/mol. The molecule has 3 aliphatic rings. The Hall–Kier alpha value is -4.31. The van der Waals surface area contributed by atoms with E-state index >= 15 is 0 Å². The van der Waals surface area contributed by atoms with Crippen molar-refractivity contribution in [3.8, 4) is 0 Å². The van der Waals surface area contributed by atoms with Crippen molar-refractivity contribution in [2.75, 3.05) is 36.4 Å². The first kappa shape index (κ1) is 33.6. The van der Waals surface area contributed by atoms with Crippen LogP contribution in [0, 0.1) is 6.92 Å². The molecule has 0 radical (unpaired) electrons. The molecule has 2 N–H and O–H groups in total. The van der Waals surface area contributed by atoms with Gasteiger partial charge in [-0.15, -0.1) is 0 Å². The van der Waals surface area contributed by atoms with Crippen LogP contribution in [0.2, 0.25) is 0 Å². The van der Waals surface area contributed by atoms with E-state index in [1.54, 1.807) is 0 Å². The van der Waals surface area contributed by atoms with Crippen LogP contribution < -0.4 is 15.5 Å². The number of anilines is 2. The van der Waals surface area contributed by atoms with Gasteiger partial charge in [-0.05, 0) is 98.3 Å². The average molecular weight is 652 g/mol. The summed E-state index contributed by atoms with van der Waals surface area (Å²) in [6, 6.07) is 15.5. The van der Waals surface area contributed by atoms with Gasteiger partial charge in [0.25, 0.3) is 0 Å². The van der Waals surface area contributed by atoms with E-state index in [0.717, 1.165) is 87.5 Å². The molecule has 254 valence electrons. The molecule has 3 amide bonds. The molecule has 0 saturated carbocycles. The summed E-state index contributed by atoms with van der Waals surface area (Å²) in [6.07, 6.45) is 9.41. The summed E-state index contributed by atoms with van der Waals surface area (Å²) in [5.74, 6) is 1.05. The standard InChI is InChI=1S/C38H49N7O3/c1-26(2)34-21-40-36(22-39-34)41-32-14-18-44(19-15-32)33-8-5-28(6-9-33)23-43-16-12-29(13-17-43)30-7-4-27(3)31(20-30)24-45(25-46)35-10-11-37(47)42-38(35)48/h4-9,20-22,25-26,29,32,35H,10-19,23-24H2,1-3H3,(H,40,41)(H,42,47,48). The first-order chi connectivity index (χ1) is 23.2. The first-order valence-electron chi connectivity index (χ1n) is 17.5. The zero-order valence-corrected chi connectivity index (χ0v) is 28.5. The third kappa shape index (κ3) is 8.21. The maximum Gasteiger partial charge on any atom is 0.249 e. The van der Waals surface area contributed by atoms with Crippen LogP contribution in [0.3, 0.4) is 0 Å². The van der Waals surface area contributed by atoms with E-state index in [4.69, 9.17) is 0 Å². The summed E-state index contributed by atoms with van der Waals surface area (Å²) in [5, 5.41) is 5.94. The Kier molecular flexibility index (Phi) is 10.7. The Bertz CT molecular complexity index is 1560. The molecular formula is C38H49N7O3. The molecule has 3 aliphatic heterocycles. The lowest BCUT2D eigenvalue weighted by Crippen LogP contribution is -2.51. The third-order valence-corrected chi connectivity index (χ3v) is 10.3. The predicted molar refractivity (Wildman–Crippen MR) is 188 cm³/mol. The van der Waals surface area contributed by atoms with E-state index in [0.29, 0.717) is 30.8 Å². The number of carbonyl (C=O) groups is 3. The van der Waals surface area contributed by atoms with Crippen molar-refractivity contribution in [1.82, 2.24) is 25.1 Å². The fourth-order valence-corrected chi connectivity index (χ4v) is 7.23. The summed E-state index contributed by atoms with van der Waals surface area (Å²) in [7, 11) is 0. The molecule has 4 heterocycles. The zero-order valence-electron chi connectivity index (χ0n) is 28.5. The van der Waals surface area contributed by atoms with Gasteiger partial charge in [0, 0.05) is 44.3 Å². The quantitative estimate of drug-likeness (QED) is 0.217. The second kappa shape index (κ2) is 15.3. The minimum atomic E-state index is -0.607. The van der Waals surface area contributed by atoms with E-state index in [-0.39, 0.29) is 18.2 Å². The summed E-state index contributed by atoms with van der Waals surface area (Å²) in [5.41, 5.74) is 7.11. The summed E-state index contributed by atoms with van der Waals surface area (Å²) >= 11 is 0. The summed E-state index contributed by atoms with van der Waals surface area (Å²) in [4.78, 5) is 51.6. The molecule has 10 heteroatoms. The number of likely N-dealkylation sites (tertiary alicyclic amines) is 1. The van der Waals surface area contributed by atoms with Gasteiger partial charge in [-0.25, -0.2) is 4.98 Å². The van der Waals surface area contributed by atoms with Crippen LogP contribution in [0.15, 0.2) is 54.9 Å². The van der Waals surface area contributed by atoms with Gasteiger partial charge in [-0.1, -0.05) is 44.2 Å². The number of amides is 3. The number of benzene rings is 2. The van der Waals surface area contributed by atoms with E-state index in [2.05, 4.69) is 86.7 Å². The van der Waals surface area contributed by atoms with Crippen LogP contribution in [0.25, 0.3) is 0 Å². The lowest BCUT2D eigenvalue weighted by molar-refractivity contribution is -0.141. The largest absolute Gasteiger partial charge is 0.371 e. The normalized spacial score (nSPS) is 19.8. The van der Waals surface area contributed by atoms with Gasteiger partial charge in [0.1, 0.15) is 11.9 Å². The first-order valence-corrected chi connectivity index (χ1v) is 17.5. The number of hydrogen-bond acceptors (Lipinski definition) is 8. The molecule has 3 fully saturated rings. The Morgan fingerprint density at radius 3 is 2.35 bits per heavy atom. The Labute approximate surface area is 284 Å². The van der Waals surface area contributed by atoms with Crippen LogP contribution in [0.1, 0.15) is 92.2 Å². The molecule has 3 aromatic rings. The minimum absolute atomic E-state index is 0.255. The molecule has 48 heavy (non-hydrogen) atoms. The van der Waals surface area contributed by atoms with E-state index in [1.165, 1.54) is 21.7 Å². The van der Waals surface area contributed by atoms with E-state index < -0.39 is 6.04 Å². The number of nitrogens with zero attached hydrogens (tertiary/aromatic N) is 5. The van der Waals surface area contributed by atoms with Crippen LogP contribution in [0.4, 0.5) is 11.5 Å². The van der Waals surface area contributed by atoms with E-state index in [1.807, 2.05) is 19.3 Å². The van der Waals surface area contributed by atoms with Gasteiger partial charge >= 0.3 is 0 Å². The van der Waals surface area contributed by atoms with Crippen LogP contribution >= 0.6 is 0 Å². The lowest BCUT2D eigenvalue weighted by atomic mass is 9.87. The highest BCUT2D eigenvalue weighted by molar-refractivity contribution is 6.00. The molecule has 1 aromatic heterocycles. The number of carbonyl (C=O) groups excluding carboxylic acids is 3. The number of aryl methyl sites for hydroxylation is 1. The lowest BCUT2D eigenvalue weighted by Gasteiger charge is -2.34. The highest BCUT2D eigenvalue weighted by atomic mass is 16.2. The number of hydrogen-bond donors (Lipinski definition) is 2. The molecule has 1 atom stereocenters. The zero-order chi connectivity index (χ0) is 33.6. The molecule has 0 aliphatic carbocycles. The predicted octanol–water partition coefficient (Wildman–Crippen LogP) is 5.13. The molecule has 0 spiro atoms. The fourth-order valence-electron chi connectivity index (χ4n) is 7.23. The maximum atomic E-state index is 12.4. The van der Waals surface area contributed by atoms with Gasteiger partial charge in [0.2, 0.25) is 18.2 Å². The van der Waals surface area contributed by atoms with Gasteiger partial charge in [-0.3, -0.25) is 29.6 Å². The van der Waals surface area contributed by atoms with Crippen molar-refractivity contribution in [3.05, 3.63) is 82.8 Å². The Balaban J connectivity index is 0.962. The molecular weight excluding hydrogens is 602 g/mol. The van der Waals surface area contributed by atoms with Gasteiger partial charge in [-0.2, -0.15) is 0 Å². The van der Waals surface area contributed by atoms with Crippen LogP contribution in [-0.2, 0) is 27.5 Å². The fraction of sp³-hybridized carbons (Fsp3) is 0.500. The molecule has 10 nitrogen and oxygen atoms in total. The smallest absolute Gasteiger partial charge is 0.249 e. The highest BCUT2D eigenvalue weighted by Gasteiger charge is 2.31. The van der Waals surface area contributed by atoms with Gasteiger partial charge < -0.3 is 15.1 Å². The Morgan fingerprint density at radius 2 is 1.71 bits per heavy atom. The molecule has 0 bridgehead atoms. The Morgan fingerprint density at radius 1 is 0.958 bits per heavy atom. The molecule has 1 unspecified atom stereocenters. The molecule has 6 rings (SSSR count). The third-order valence-electron chi connectivity index (χ3n) is 10.3. The maximum absolute atomic E-state index is 12.4. The average Bonchev–Trinajstić information content (AvgIpc) is 3.09.